The Labute approximate surface area is 170 Å². The van der Waals surface area contributed by atoms with Gasteiger partial charge in [-0.05, 0) is 35.5 Å². The minimum atomic E-state index is -0.961. The minimum Gasteiger partial charge on any atom is -0.393 e. The molecule has 0 amide bonds. The number of rotatable bonds is 0. The van der Waals surface area contributed by atoms with Gasteiger partial charge in [0.1, 0.15) is 5.25 Å². The molecule has 0 aromatic carbocycles. The van der Waals surface area contributed by atoms with Crippen LogP contribution in [0.1, 0.15) is 60.8 Å². The van der Waals surface area contributed by atoms with Gasteiger partial charge in [0.2, 0.25) is 0 Å². The molecule has 4 fully saturated rings. The van der Waals surface area contributed by atoms with Gasteiger partial charge in [-0.2, -0.15) is 0 Å². The Balaban J connectivity index is 2.14. The van der Waals surface area contributed by atoms with E-state index in [9.17, 15) is 19.2 Å². The summed E-state index contributed by atoms with van der Waals surface area (Å²) in [6.45, 7) is 12.1. The van der Waals surface area contributed by atoms with Gasteiger partial charge in [-0.1, -0.05) is 41.5 Å². The number of carbonyl (C=O) groups excluding carboxylic acids is 4. The summed E-state index contributed by atoms with van der Waals surface area (Å²) in [6, 6.07) is 0. The summed E-state index contributed by atoms with van der Waals surface area (Å²) >= 11 is 1.32. The Morgan fingerprint density at radius 3 is 2.14 bits per heavy atom. The first-order valence-electron chi connectivity index (χ1n) is 9.92. The second kappa shape index (κ2) is 6.85. The highest BCUT2D eigenvalue weighted by Gasteiger charge is 2.57. The lowest BCUT2D eigenvalue weighted by molar-refractivity contribution is -0.172. The number of cyclic esters (lactones) is 2. The fourth-order valence-electron chi connectivity index (χ4n) is 5.88. The van der Waals surface area contributed by atoms with Gasteiger partial charge in [0, 0.05) is 5.75 Å². The molecule has 5 atom stereocenters. The Hall–Kier alpha value is -1.37. The third kappa shape index (κ3) is 3.40. The van der Waals surface area contributed by atoms with E-state index in [2.05, 4.69) is 13.8 Å². The van der Waals surface area contributed by atoms with E-state index >= 15 is 0 Å². The average Bonchev–Trinajstić information content (AvgIpc) is 2.78. The van der Waals surface area contributed by atoms with Crippen LogP contribution in [0, 0.1) is 34.0 Å². The van der Waals surface area contributed by atoms with Gasteiger partial charge in [-0.15, -0.1) is 11.8 Å². The molecule has 4 heterocycles. The predicted octanol–water partition coefficient (Wildman–Crippen LogP) is 3.37. The fraction of sp³-hybridized carbons (Fsp3) is 0.810. The van der Waals surface area contributed by atoms with Crippen molar-refractivity contribution in [1.29, 1.82) is 0 Å². The summed E-state index contributed by atoms with van der Waals surface area (Å²) in [5.74, 6) is -2.47. The zero-order valence-corrected chi connectivity index (χ0v) is 18.3. The third-order valence-electron chi connectivity index (χ3n) is 6.95. The van der Waals surface area contributed by atoms with Crippen LogP contribution in [0.4, 0.5) is 0 Å². The van der Waals surface area contributed by atoms with Crippen molar-refractivity contribution in [3.05, 3.63) is 0 Å². The van der Waals surface area contributed by atoms with Gasteiger partial charge in [-0.3, -0.25) is 19.2 Å². The summed E-state index contributed by atoms with van der Waals surface area (Å²) < 4.78 is 10.3. The van der Waals surface area contributed by atoms with Gasteiger partial charge in [0.15, 0.2) is 0 Å². The highest BCUT2D eigenvalue weighted by Crippen LogP contribution is 2.54. The molecule has 0 saturated carbocycles. The van der Waals surface area contributed by atoms with Crippen LogP contribution in [-0.4, -0.2) is 34.9 Å². The van der Waals surface area contributed by atoms with E-state index in [4.69, 9.17) is 9.47 Å². The molecule has 4 aliphatic rings. The molecule has 0 aromatic heterocycles. The minimum absolute atomic E-state index is 0.0247. The largest absolute Gasteiger partial charge is 0.393 e. The number of thioether (sulfide) groups is 1. The average molecular weight is 411 g/mol. The molecular formula is C21H30O6S. The van der Waals surface area contributed by atoms with E-state index in [0.29, 0.717) is 18.6 Å². The number of fused-ring (bicyclic) bond motifs is 7. The fourth-order valence-corrected chi connectivity index (χ4v) is 7.56. The van der Waals surface area contributed by atoms with E-state index in [1.807, 2.05) is 27.7 Å². The van der Waals surface area contributed by atoms with Crippen molar-refractivity contribution in [2.45, 2.75) is 66.1 Å². The lowest BCUT2D eigenvalue weighted by atomic mass is 9.61. The number of hydrogen-bond acceptors (Lipinski definition) is 7. The molecule has 6 nitrogen and oxygen atoms in total. The zero-order valence-electron chi connectivity index (χ0n) is 17.5. The maximum atomic E-state index is 12.9. The van der Waals surface area contributed by atoms with E-state index in [-0.39, 0.29) is 23.7 Å². The predicted molar refractivity (Wildman–Crippen MR) is 104 cm³/mol. The van der Waals surface area contributed by atoms with Crippen molar-refractivity contribution in [2.75, 3.05) is 5.75 Å². The molecule has 28 heavy (non-hydrogen) atoms. The van der Waals surface area contributed by atoms with Crippen molar-refractivity contribution in [2.24, 2.45) is 34.0 Å². The molecular weight excluding hydrogens is 380 g/mol. The molecule has 4 aliphatic heterocycles. The SMILES string of the molecule is CC1CC(C)C2(CSC3C(=O)OC(=O)C1C(C)(C)CC3(C)C)CC(=O)OC2=O. The van der Waals surface area contributed by atoms with E-state index < -0.39 is 45.9 Å². The lowest BCUT2D eigenvalue weighted by Crippen LogP contribution is -2.48. The van der Waals surface area contributed by atoms with Crippen LogP contribution in [0.15, 0.2) is 0 Å². The summed E-state index contributed by atoms with van der Waals surface area (Å²) in [5.41, 5.74) is -1.77. The molecule has 0 aromatic rings. The number of hydrogen-bond donors (Lipinski definition) is 0. The van der Waals surface area contributed by atoms with E-state index in [1.165, 1.54) is 11.8 Å². The Kier molecular flexibility index (Phi) is 5.22. The van der Waals surface area contributed by atoms with Crippen LogP contribution in [0.5, 0.6) is 0 Å². The molecule has 2 bridgehead atoms. The standard InChI is InChI=1S/C21H30O6S/c1-11-7-12(2)21(8-13(22)26-18(21)25)10-28-15-17(24)27-16(23)14(11)19(3,4)9-20(15,5)6/h11-12,14-15H,7-10H2,1-6H3. The lowest BCUT2D eigenvalue weighted by Gasteiger charge is -2.45. The highest BCUT2D eigenvalue weighted by molar-refractivity contribution is 8.00. The zero-order chi connectivity index (χ0) is 21.1. The van der Waals surface area contributed by atoms with Crippen LogP contribution in [0.2, 0.25) is 0 Å². The number of esters is 4. The highest BCUT2D eigenvalue weighted by atomic mass is 32.2. The van der Waals surface area contributed by atoms with E-state index in [0.717, 1.165) is 0 Å². The van der Waals surface area contributed by atoms with Crippen molar-refractivity contribution < 1.29 is 28.7 Å². The van der Waals surface area contributed by atoms with Crippen LogP contribution in [0.25, 0.3) is 0 Å². The third-order valence-corrected chi connectivity index (χ3v) is 8.80. The second-order valence-corrected chi connectivity index (χ2v) is 11.4. The van der Waals surface area contributed by atoms with Crippen molar-refractivity contribution >= 4 is 35.6 Å². The monoisotopic (exact) mass is 410 g/mol. The first kappa shape index (κ1) is 21.3. The topological polar surface area (TPSA) is 86.7 Å². The summed E-state index contributed by atoms with van der Waals surface area (Å²) in [6.07, 6.45) is 1.28. The van der Waals surface area contributed by atoms with Crippen LogP contribution in [-0.2, 0) is 28.7 Å². The summed E-state index contributed by atoms with van der Waals surface area (Å²) in [5, 5.41) is -0.599. The van der Waals surface area contributed by atoms with Crippen LogP contribution < -0.4 is 0 Å². The van der Waals surface area contributed by atoms with Crippen molar-refractivity contribution in [3.8, 4) is 0 Å². The maximum Gasteiger partial charge on any atom is 0.327 e. The summed E-state index contributed by atoms with van der Waals surface area (Å²) in [4.78, 5) is 50.5. The van der Waals surface area contributed by atoms with Gasteiger partial charge < -0.3 is 9.47 Å². The van der Waals surface area contributed by atoms with Gasteiger partial charge >= 0.3 is 23.9 Å². The molecule has 156 valence electrons. The van der Waals surface area contributed by atoms with Crippen LogP contribution >= 0.6 is 11.8 Å². The Bertz CT molecular complexity index is 726. The number of carbonyl (C=O) groups is 4. The van der Waals surface area contributed by atoms with Gasteiger partial charge in [0.25, 0.3) is 0 Å². The Morgan fingerprint density at radius 1 is 0.929 bits per heavy atom. The second-order valence-electron chi connectivity index (χ2n) is 10.3. The molecule has 7 heteroatoms. The smallest absolute Gasteiger partial charge is 0.327 e. The first-order chi connectivity index (χ1) is 12.8. The normalized spacial score (nSPS) is 40.6. The molecule has 0 N–H and O–H groups in total. The quantitative estimate of drug-likeness (QED) is 0.447. The molecule has 0 aliphatic carbocycles. The van der Waals surface area contributed by atoms with E-state index in [1.54, 1.807) is 0 Å². The van der Waals surface area contributed by atoms with Crippen LogP contribution in [0.3, 0.4) is 0 Å². The van der Waals surface area contributed by atoms with Gasteiger partial charge in [-0.25, -0.2) is 0 Å². The Morgan fingerprint density at radius 2 is 1.57 bits per heavy atom. The molecule has 4 rings (SSSR count). The molecule has 4 saturated heterocycles. The van der Waals surface area contributed by atoms with Crippen molar-refractivity contribution in [1.82, 2.24) is 0 Å². The first-order valence-corrected chi connectivity index (χ1v) is 11.0. The molecule has 5 unspecified atom stereocenters. The number of ether oxygens (including phenoxy) is 2. The molecule has 1 spiro atoms. The maximum absolute atomic E-state index is 12.9. The van der Waals surface area contributed by atoms with Crippen molar-refractivity contribution in [3.63, 3.8) is 0 Å². The van der Waals surface area contributed by atoms with Gasteiger partial charge in [0.05, 0.1) is 17.8 Å². The molecule has 0 radical (unpaired) electrons. The summed E-state index contributed by atoms with van der Waals surface area (Å²) in [7, 11) is 0.